The highest BCUT2D eigenvalue weighted by atomic mass is 16.5. The lowest BCUT2D eigenvalue weighted by Gasteiger charge is -2.15. The zero-order valence-electron chi connectivity index (χ0n) is 14.1. The second-order valence-electron chi connectivity index (χ2n) is 5.85. The van der Waals surface area contributed by atoms with Gasteiger partial charge < -0.3 is 9.42 Å². The number of rotatable bonds is 4. The van der Waals surface area contributed by atoms with E-state index in [1.165, 1.54) is 0 Å². The Morgan fingerprint density at radius 2 is 1.92 bits per heavy atom. The van der Waals surface area contributed by atoms with Crippen LogP contribution in [0.1, 0.15) is 33.1 Å². The summed E-state index contributed by atoms with van der Waals surface area (Å²) in [6.45, 7) is 6.13. The molecule has 0 fully saturated rings. The summed E-state index contributed by atoms with van der Waals surface area (Å²) in [5.74, 6) is 0.517. The fourth-order valence-corrected chi connectivity index (χ4v) is 2.42. The van der Waals surface area contributed by atoms with Gasteiger partial charge in [0.15, 0.2) is 5.69 Å². The van der Waals surface area contributed by atoms with Crippen LogP contribution >= 0.6 is 0 Å². The number of aromatic nitrogens is 4. The van der Waals surface area contributed by atoms with Gasteiger partial charge in [-0.2, -0.15) is 0 Å². The molecule has 0 unspecified atom stereocenters. The van der Waals surface area contributed by atoms with Crippen LogP contribution in [0.25, 0.3) is 5.69 Å². The number of hydrogen-bond donors (Lipinski definition) is 0. The van der Waals surface area contributed by atoms with Gasteiger partial charge in [-0.25, -0.2) is 4.68 Å². The SMILES string of the molecule is Cc1ccc(-n2cc(C(=O)N(C)Cc3c(C)noc3C)nn2)cc1. The maximum Gasteiger partial charge on any atom is 0.276 e. The molecule has 7 nitrogen and oxygen atoms in total. The second-order valence-corrected chi connectivity index (χ2v) is 5.85. The van der Waals surface area contributed by atoms with Gasteiger partial charge in [-0.1, -0.05) is 28.1 Å². The van der Waals surface area contributed by atoms with Crippen molar-refractivity contribution in [2.75, 3.05) is 7.05 Å². The number of aryl methyl sites for hydroxylation is 3. The molecule has 2 aromatic heterocycles. The zero-order valence-corrected chi connectivity index (χ0v) is 14.1. The van der Waals surface area contributed by atoms with E-state index in [-0.39, 0.29) is 5.91 Å². The Balaban J connectivity index is 1.77. The molecule has 7 heteroatoms. The molecule has 2 heterocycles. The molecule has 124 valence electrons. The summed E-state index contributed by atoms with van der Waals surface area (Å²) in [7, 11) is 1.72. The lowest BCUT2D eigenvalue weighted by Crippen LogP contribution is -2.27. The Hall–Kier alpha value is -2.96. The number of carbonyl (C=O) groups excluding carboxylic acids is 1. The molecule has 0 saturated carbocycles. The van der Waals surface area contributed by atoms with Crippen LogP contribution in [0.5, 0.6) is 0 Å². The summed E-state index contributed by atoms with van der Waals surface area (Å²) in [4.78, 5) is 14.1. The van der Waals surface area contributed by atoms with Crippen LogP contribution in [0.15, 0.2) is 35.0 Å². The highest BCUT2D eigenvalue weighted by Gasteiger charge is 2.19. The first-order valence-corrected chi connectivity index (χ1v) is 7.62. The lowest BCUT2D eigenvalue weighted by atomic mass is 10.2. The van der Waals surface area contributed by atoms with Gasteiger partial charge >= 0.3 is 0 Å². The summed E-state index contributed by atoms with van der Waals surface area (Å²) in [5, 5.41) is 11.9. The Morgan fingerprint density at radius 3 is 2.54 bits per heavy atom. The number of amides is 1. The lowest BCUT2D eigenvalue weighted by molar-refractivity contribution is 0.0778. The molecule has 3 aromatic rings. The van der Waals surface area contributed by atoms with Crippen LogP contribution in [0.2, 0.25) is 0 Å². The second kappa shape index (κ2) is 6.27. The fraction of sp³-hybridized carbons (Fsp3) is 0.294. The van der Waals surface area contributed by atoms with Gasteiger partial charge in [-0.3, -0.25) is 4.79 Å². The third-order valence-electron chi connectivity index (χ3n) is 3.93. The van der Waals surface area contributed by atoms with Gasteiger partial charge in [0.2, 0.25) is 0 Å². The molecular formula is C17H19N5O2. The number of hydrogen-bond acceptors (Lipinski definition) is 5. The van der Waals surface area contributed by atoms with Crippen LogP contribution in [0.3, 0.4) is 0 Å². The first-order chi connectivity index (χ1) is 11.5. The van der Waals surface area contributed by atoms with E-state index in [2.05, 4.69) is 15.5 Å². The van der Waals surface area contributed by atoms with Gasteiger partial charge in [0.05, 0.1) is 24.1 Å². The van der Waals surface area contributed by atoms with Crippen molar-refractivity contribution in [1.29, 1.82) is 0 Å². The summed E-state index contributed by atoms with van der Waals surface area (Å²) in [6, 6.07) is 7.85. The minimum Gasteiger partial charge on any atom is -0.361 e. The van der Waals surface area contributed by atoms with E-state index < -0.39 is 0 Å². The number of nitrogens with zero attached hydrogens (tertiary/aromatic N) is 5. The average molecular weight is 325 g/mol. The predicted octanol–water partition coefficient (Wildman–Crippen LogP) is 2.45. The standard InChI is InChI=1S/C17H19N5O2/c1-11-5-7-14(8-6-11)22-10-16(18-20-22)17(23)21(4)9-15-12(2)19-24-13(15)3/h5-8,10H,9H2,1-4H3. The van der Waals surface area contributed by atoms with Crippen LogP contribution < -0.4 is 0 Å². The van der Waals surface area contributed by atoms with Gasteiger partial charge in [-0.15, -0.1) is 5.10 Å². The Bertz CT molecular complexity index is 844. The van der Waals surface area contributed by atoms with E-state index in [0.717, 1.165) is 28.3 Å². The van der Waals surface area contributed by atoms with Crippen LogP contribution in [-0.4, -0.2) is 38.0 Å². The maximum atomic E-state index is 12.6. The van der Waals surface area contributed by atoms with Gasteiger partial charge in [-0.05, 0) is 32.9 Å². The molecule has 0 saturated heterocycles. The van der Waals surface area contributed by atoms with Crippen LogP contribution in [0, 0.1) is 20.8 Å². The molecule has 0 spiro atoms. The molecule has 0 aliphatic rings. The summed E-state index contributed by atoms with van der Waals surface area (Å²) < 4.78 is 6.73. The molecule has 1 aromatic carbocycles. The van der Waals surface area contributed by atoms with E-state index in [9.17, 15) is 4.79 Å². The molecule has 24 heavy (non-hydrogen) atoms. The first-order valence-electron chi connectivity index (χ1n) is 7.62. The molecule has 0 N–H and O–H groups in total. The van der Waals surface area contributed by atoms with E-state index >= 15 is 0 Å². The van der Waals surface area contributed by atoms with E-state index in [4.69, 9.17) is 4.52 Å². The normalized spacial score (nSPS) is 10.8. The van der Waals surface area contributed by atoms with Crippen molar-refractivity contribution in [3.8, 4) is 5.69 Å². The van der Waals surface area contributed by atoms with E-state index in [1.807, 2.05) is 45.0 Å². The molecule has 0 aliphatic carbocycles. The molecule has 0 bridgehead atoms. The molecule has 1 amide bonds. The smallest absolute Gasteiger partial charge is 0.276 e. The third kappa shape index (κ3) is 3.05. The largest absolute Gasteiger partial charge is 0.361 e. The molecule has 0 radical (unpaired) electrons. The van der Waals surface area contributed by atoms with Crippen molar-refractivity contribution in [3.63, 3.8) is 0 Å². The Kier molecular flexibility index (Phi) is 4.16. The van der Waals surface area contributed by atoms with Gasteiger partial charge in [0.1, 0.15) is 5.76 Å². The Morgan fingerprint density at radius 1 is 1.21 bits per heavy atom. The van der Waals surface area contributed by atoms with Gasteiger partial charge in [0, 0.05) is 12.6 Å². The number of carbonyl (C=O) groups is 1. The average Bonchev–Trinajstić information content (AvgIpc) is 3.17. The predicted molar refractivity (Wildman–Crippen MR) is 87.9 cm³/mol. The summed E-state index contributed by atoms with van der Waals surface area (Å²) in [6.07, 6.45) is 1.64. The molecule has 0 atom stereocenters. The summed E-state index contributed by atoms with van der Waals surface area (Å²) in [5.41, 5.74) is 4.02. The zero-order chi connectivity index (χ0) is 17.3. The van der Waals surface area contributed by atoms with Crippen molar-refractivity contribution in [1.82, 2.24) is 25.1 Å². The van der Waals surface area contributed by atoms with Crippen molar-refractivity contribution in [2.45, 2.75) is 27.3 Å². The Labute approximate surface area is 139 Å². The van der Waals surface area contributed by atoms with Crippen molar-refractivity contribution in [2.24, 2.45) is 0 Å². The number of benzene rings is 1. The maximum absolute atomic E-state index is 12.6. The van der Waals surface area contributed by atoms with Crippen molar-refractivity contribution < 1.29 is 9.32 Å². The summed E-state index contributed by atoms with van der Waals surface area (Å²) >= 11 is 0. The van der Waals surface area contributed by atoms with Crippen molar-refractivity contribution >= 4 is 5.91 Å². The molecular weight excluding hydrogens is 306 g/mol. The fourth-order valence-electron chi connectivity index (χ4n) is 2.42. The van der Waals surface area contributed by atoms with Crippen LogP contribution in [-0.2, 0) is 6.54 Å². The minimum atomic E-state index is -0.201. The highest BCUT2D eigenvalue weighted by molar-refractivity contribution is 5.91. The first kappa shape index (κ1) is 15.9. The third-order valence-corrected chi connectivity index (χ3v) is 3.93. The monoisotopic (exact) mass is 325 g/mol. The van der Waals surface area contributed by atoms with Crippen molar-refractivity contribution in [3.05, 3.63) is 58.7 Å². The van der Waals surface area contributed by atoms with Gasteiger partial charge in [0.25, 0.3) is 5.91 Å². The van der Waals surface area contributed by atoms with E-state index in [0.29, 0.717) is 12.2 Å². The quantitative estimate of drug-likeness (QED) is 0.736. The minimum absolute atomic E-state index is 0.201. The molecule has 3 rings (SSSR count). The molecule has 0 aliphatic heterocycles. The van der Waals surface area contributed by atoms with Crippen LogP contribution in [0.4, 0.5) is 0 Å². The van der Waals surface area contributed by atoms with E-state index in [1.54, 1.807) is 22.8 Å². The topological polar surface area (TPSA) is 77.0 Å². The highest BCUT2D eigenvalue weighted by Crippen LogP contribution is 2.16.